The van der Waals surface area contributed by atoms with Gasteiger partial charge in [0, 0.05) is 0 Å². The summed E-state index contributed by atoms with van der Waals surface area (Å²) in [5, 5.41) is 0. The summed E-state index contributed by atoms with van der Waals surface area (Å²) in [4.78, 5) is 13.8. The van der Waals surface area contributed by atoms with Crippen LogP contribution in [0.2, 0.25) is 0 Å². The fourth-order valence-electron chi connectivity index (χ4n) is 1.80. The van der Waals surface area contributed by atoms with E-state index in [1.54, 1.807) is 0 Å². The van der Waals surface area contributed by atoms with Gasteiger partial charge in [-0.3, -0.25) is 4.79 Å². The van der Waals surface area contributed by atoms with Crippen molar-refractivity contribution in [3.05, 3.63) is 0 Å². The van der Waals surface area contributed by atoms with Crippen molar-refractivity contribution in [1.82, 2.24) is 4.90 Å². The van der Waals surface area contributed by atoms with E-state index in [0.29, 0.717) is 19.6 Å². The van der Waals surface area contributed by atoms with E-state index in [9.17, 15) is 4.79 Å². The van der Waals surface area contributed by atoms with Crippen LogP contribution < -0.4 is 5.73 Å². The van der Waals surface area contributed by atoms with Gasteiger partial charge in [-0.25, -0.2) is 0 Å². The van der Waals surface area contributed by atoms with Crippen molar-refractivity contribution in [1.29, 1.82) is 0 Å². The second-order valence-corrected chi connectivity index (χ2v) is 4.00. The Bertz CT molecular complexity index is 198. The number of nitrogens with two attached hydrogens (primary N) is 1. The lowest BCUT2D eigenvalue weighted by Gasteiger charge is -2.40. The minimum absolute atomic E-state index is 0.0517. The number of hydrogen-bond acceptors (Lipinski definition) is 3. The molecule has 1 aliphatic rings. The molecule has 0 bridgehead atoms. The summed E-state index contributed by atoms with van der Waals surface area (Å²) in [6.07, 6.45) is 0.690. The van der Waals surface area contributed by atoms with Gasteiger partial charge in [0.05, 0.1) is 31.3 Å². The summed E-state index contributed by atoms with van der Waals surface area (Å²) in [7, 11) is 0. The number of amides is 1. The van der Waals surface area contributed by atoms with Crippen LogP contribution in [0.5, 0.6) is 0 Å². The molecule has 0 aromatic heterocycles. The second kappa shape index (κ2) is 4.75. The summed E-state index contributed by atoms with van der Waals surface area (Å²) in [5.41, 5.74) is 5.74. The van der Waals surface area contributed by atoms with Gasteiger partial charge in [-0.05, 0) is 20.3 Å². The SMILES string of the molecule is CC[C@H](N)C(=O)N1C(C)COCC1C. The molecule has 0 radical (unpaired) electrons. The third-order valence-electron chi connectivity index (χ3n) is 2.68. The molecular formula is C10H20N2O2. The molecular weight excluding hydrogens is 180 g/mol. The van der Waals surface area contributed by atoms with Crippen LogP contribution in [0.15, 0.2) is 0 Å². The standard InChI is InChI=1S/C10H20N2O2/c1-4-9(11)10(13)12-7(2)5-14-6-8(12)3/h7-9H,4-6,11H2,1-3H3/t7?,8?,9-/m0/s1. The van der Waals surface area contributed by atoms with Gasteiger partial charge in [0.1, 0.15) is 0 Å². The molecule has 2 unspecified atom stereocenters. The van der Waals surface area contributed by atoms with Crippen molar-refractivity contribution in [2.75, 3.05) is 13.2 Å². The number of carbonyl (C=O) groups excluding carboxylic acids is 1. The Hall–Kier alpha value is -0.610. The average Bonchev–Trinajstić information content (AvgIpc) is 2.16. The molecule has 3 atom stereocenters. The molecule has 1 heterocycles. The van der Waals surface area contributed by atoms with E-state index < -0.39 is 0 Å². The summed E-state index contributed by atoms with van der Waals surface area (Å²) >= 11 is 0. The Labute approximate surface area is 85.4 Å². The lowest BCUT2D eigenvalue weighted by Crippen LogP contribution is -2.56. The predicted octanol–water partition coefficient (Wildman–Crippen LogP) is 0.359. The summed E-state index contributed by atoms with van der Waals surface area (Å²) in [6, 6.07) is -0.0781. The van der Waals surface area contributed by atoms with E-state index in [-0.39, 0.29) is 24.0 Å². The van der Waals surface area contributed by atoms with E-state index in [1.807, 2.05) is 25.7 Å². The quantitative estimate of drug-likeness (QED) is 0.700. The Kier molecular flexibility index (Phi) is 3.89. The maximum atomic E-state index is 11.9. The first-order chi connectivity index (χ1) is 6.57. The predicted molar refractivity (Wildman–Crippen MR) is 54.9 cm³/mol. The number of rotatable bonds is 2. The molecule has 0 spiro atoms. The zero-order chi connectivity index (χ0) is 10.7. The van der Waals surface area contributed by atoms with Crippen LogP contribution in [-0.4, -0.2) is 42.1 Å². The zero-order valence-electron chi connectivity index (χ0n) is 9.19. The third-order valence-corrected chi connectivity index (χ3v) is 2.68. The highest BCUT2D eigenvalue weighted by molar-refractivity contribution is 5.82. The molecule has 0 aromatic carbocycles. The van der Waals surface area contributed by atoms with Crippen LogP contribution in [0.25, 0.3) is 0 Å². The Morgan fingerprint density at radius 3 is 2.43 bits per heavy atom. The molecule has 82 valence electrons. The van der Waals surface area contributed by atoms with Crippen molar-refractivity contribution in [2.45, 2.75) is 45.3 Å². The largest absolute Gasteiger partial charge is 0.377 e. The molecule has 1 rings (SSSR count). The first kappa shape index (κ1) is 11.5. The van der Waals surface area contributed by atoms with Gasteiger partial charge >= 0.3 is 0 Å². The highest BCUT2D eigenvalue weighted by Crippen LogP contribution is 2.14. The average molecular weight is 200 g/mol. The Morgan fingerprint density at radius 2 is 2.00 bits per heavy atom. The monoisotopic (exact) mass is 200 g/mol. The Morgan fingerprint density at radius 1 is 1.50 bits per heavy atom. The van der Waals surface area contributed by atoms with E-state index in [2.05, 4.69) is 0 Å². The van der Waals surface area contributed by atoms with Crippen molar-refractivity contribution in [2.24, 2.45) is 5.73 Å². The first-order valence-electron chi connectivity index (χ1n) is 5.23. The van der Waals surface area contributed by atoms with Crippen molar-refractivity contribution >= 4 is 5.91 Å². The normalized spacial score (nSPS) is 30.1. The number of nitrogens with zero attached hydrogens (tertiary/aromatic N) is 1. The number of hydrogen-bond donors (Lipinski definition) is 1. The molecule has 4 nitrogen and oxygen atoms in total. The van der Waals surface area contributed by atoms with Gasteiger partial charge in [0.25, 0.3) is 0 Å². The molecule has 0 aliphatic carbocycles. The minimum atomic E-state index is -0.363. The number of ether oxygens (including phenoxy) is 1. The number of morpholine rings is 1. The first-order valence-corrected chi connectivity index (χ1v) is 5.23. The van der Waals surface area contributed by atoms with Gasteiger partial charge in [0.2, 0.25) is 5.91 Å². The van der Waals surface area contributed by atoms with Crippen LogP contribution in [-0.2, 0) is 9.53 Å². The minimum Gasteiger partial charge on any atom is -0.377 e. The van der Waals surface area contributed by atoms with E-state index in [1.165, 1.54) is 0 Å². The molecule has 1 amide bonds. The van der Waals surface area contributed by atoms with Crippen LogP contribution in [0.1, 0.15) is 27.2 Å². The summed E-state index contributed by atoms with van der Waals surface area (Å²) in [6.45, 7) is 7.16. The van der Waals surface area contributed by atoms with Gasteiger partial charge in [-0.15, -0.1) is 0 Å². The van der Waals surface area contributed by atoms with Crippen molar-refractivity contribution < 1.29 is 9.53 Å². The lowest BCUT2D eigenvalue weighted by atomic mass is 10.1. The zero-order valence-corrected chi connectivity index (χ0v) is 9.19. The smallest absolute Gasteiger partial charge is 0.240 e. The van der Waals surface area contributed by atoms with Gasteiger partial charge < -0.3 is 15.4 Å². The van der Waals surface area contributed by atoms with E-state index in [4.69, 9.17) is 10.5 Å². The van der Waals surface area contributed by atoms with Gasteiger partial charge in [0.15, 0.2) is 0 Å². The summed E-state index contributed by atoms with van der Waals surface area (Å²) in [5.74, 6) is 0.0517. The maximum Gasteiger partial charge on any atom is 0.240 e. The van der Waals surface area contributed by atoms with Gasteiger partial charge in [-0.1, -0.05) is 6.92 Å². The molecule has 4 heteroatoms. The maximum absolute atomic E-state index is 11.9. The fraction of sp³-hybridized carbons (Fsp3) is 0.900. The number of carbonyl (C=O) groups is 1. The van der Waals surface area contributed by atoms with E-state index in [0.717, 1.165) is 0 Å². The van der Waals surface area contributed by atoms with Crippen LogP contribution in [0.4, 0.5) is 0 Å². The van der Waals surface area contributed by atoms with Gasteiger partial charge in [-0.2, -0.15) is 0 Å². The van der Waals surface area contributed by atoms with Crippen LogP contribution in [0, 0.1) is 0 Å². The van der Waals surface area contributed by atoms with Crippen molar-refractivity contribution in [3.63, 3.8) is 0 Å². The van der Waals surface area contributed by atoms with Crippen LogP contribution in [0.3, 0.4) is 0 Å². The van der Waals surface area contributed by atoms with E-state index >= 15 is 0 Å². The fourth-order valence-corrected chi connectivity index (χ4v) is 1.80. The molecule has 0 saturated carbocycles. The second-order valence-electron chi connectivity index (χ2n) is 4.00. The molecule has 1 fully saturated rings. The topological polar surface area (TPSA) is 55.6 Å². The van der Waals surface area contributed by atoms with Crippen molar-refractivity contribution in [3.8, 4) is 0 Å². The lowest BCUT2D eigenvalue weighted by molar-refractivity contribution is -0.145. The highest BCUT2D eigenvalue weighted by Gasteiger charge is 2.31. The molecule has 14 heavy (non-hydrogen) atoms. The highest BCUT2D eigenvalue weighted by atomic mass is 16.5. The molecule has 1 saturated heterocycles. The molecule has 2 N–H and O–H groups in total. The summed E-state index contributed by atoms with van der Waals surface area (Å²) < 4.78 is 5.35. The van der Waals surface area contributed by atoms with Crippen LogP contribution >= 0.6 is 0 Å². The Balaban J connectivity index is 2.67. The molecule has 0 aromatic rings. The molecule has 1 aliphatic heterocycles. The third kappa shape index (κ3) is 2.25.